The van der Waals surface area contributed by atoms with E-state index in [1.165, 1.54) is 0 Å². The molecule has 2 heterocycles. The van der Waals surface area contributed by atoms with E-state index < -0.39 is 12.0 Å². The Morgan fingerprint density at radius 2 is 2.35 bits per heavy atom. The highest BCUT2D eigenvalue weighted by Crippen LogP contribution is 2.30. The van der Waals surface area contributed by atoms with Gasteiger partial charge in [-0.1, -0.05) is 0 Å². The van der Waals surface area contributed by atoms with E-state index in [1.807, 2.05) is 42.0 Å². The van der Waals surface area contributed by atoms with E-state index >= 15 is 0 Å². The van der Waals surface area contributed by atoms with E-state index in [0.29, 0.717) is 0 Å². The molecule has 2 atom stereocenters. The molecule has 1 aliphatic heterocycles. The predicted molar refractivity (Wildman–Crippen MR) is 66.3 cm³/mol. The van der Waals surface area contributed by atoms with Gasteiger partial charge in [0.1, 0.15) is 6.04 Å². The molecule has 1 saturated heterocycles. The zero-order valence-corrected chi connectivity index (χ0v) is 10.3. The van der Waals surface area contributed by atoms with Gasteiger partial charge in [0.2, 0.25) is 0 Å². The van der Waals surface area contributed by atoms with Crippen LogP contribution in [0.15, 0.2) is 18.5 Å². The SMILES string of the molecule is CNC[C@H]1CC[C@H](C(=O)O)N1c1ccn(C)c1. The van der Waals surface area contributed by atoms with Crippen molar-refractivity contribution in [1.82, 2.24) is 9.88 Å². The number of hydrogen-bond donors (Lipinski definition) is 2. The lowest BCUT2D eigenvalue weighted by Gasteiger charge is -2.29. The standard InChI is InChI=1S/C12H19N3O2/c1-13-7-9-3-4-11(12(16)17)15(9)10-5-6-14(2)8-10/h5-6,8-9,11,13H,3-4,7H2,1-2H3,(H,16,17)/t9-,11-/m1/s1. The highest BCUT2D eigenvalue weighted by molar-refractivity contribution is 5.79. The summed E-state index contributed by atoms with van der Waals surface area (Å²) in [6, 6.07) is 1.85. The van der Waals surface area contributed by atoms with Crippen LogP contribution < -0.4 is 10.2 Å². The smallest absolute Gasteiger partial charge is 0.326 e. The van der Waals surface area contributed by atoms with Gasteiger partial charge in [-0.3, -0.25) is 0 Å². The zero-order chi connectivity index (χ0) is 12.4. The van der Waals surface area contributed by atoms with Gasteiger partial charge in [-0.15, -0.1) is 0 Å². The first-order valence-electron chi connectivity index (χ1n) is 5.91. The van der Waals surface area contributed by atoms with Crippen molar-refractivity contribution in [3.8, 4) is 0 Å². The molecule has 0 bridgehead atoms. The Morgan fingerprint density at radius 3 is 2.88 bits per heavy atom. The Balaban J connectivity index is 2.25. The number of rotatable bonds is 4. The predicted octanol–water partition coefficient (Wildman–Crippen LogP) is 0.666. The van der Waals surface area contributed by atoms with Crippen molar-refractivity contribution in [3.05, 3.63) is 18.5 Å². The largest absolute Gasteiger partial charge is 0.480 e. The highest BCUT2D eigenvalue weighted by atomic mass is 16.4. The quantitative estimate of drug-likeness (QED) is 0.808. The number of aromatic nitrogens is 1. The van der Waals surface area contributed by atoms with Gasteiger partial charge in [-0.25, -0.2) is 4.79 Å². The first-order chi connectivity index (χ1) is 8.13. The van der Waals surface area contributed by atoms with Gasteiger partial charge in [0.15, 0.2) is 0 Å². The van der Waals surface area contributed by atoms with Crippen LogP contribution >= 0.6 is 0 Å². The summed E-state index contributed by atoms with van der Waals surface area (Å²) in [6.45, 7) is 0.818. The molecule has 0 aliphatic carbocycles. The lowest BCUT2D eigenvalue weighted by molar-refractivity contribution is -0.138. The molecule has 0 saturated carbocycles. The lowest BCUT2D eigenvalue weighted by Crippen LogP contribution is -2.44. The van der Waals surface area contributed by atoms with Crippen molar-refractivity contribution in [2.75, 3.05) is 18.5 Å². The summed E-state index contributed by atoms with van der Waals surface area (Å²) in [6.07, 6.45) is 5.57. The van der Waals surface area contributed by atoms with Gasteiger partial charge < -0.3 is 19.9 Å². The molecule has 0 radical (unpaired) electrons. The molecule has 1 aromatic rings. The normalized spacial score (nSPS) is 24.2. The van der Waals surface area contributed by atoms with E-state index in [9.17, 15) is 9.90 Å². The molecule has 0 unspecified atom stereocenters. The van der Waals surface area contributed by atoms with Crippen molar-refractivity contribution in [2.24, 2.45) is 7.05 Å². The average molecular weight is 237 g/mol. The monoisotopic (exact) mass is 237 g/mol. The maximum atomic E-state index is 11.3. The van der Waals surface area contributed by atoms with Crippen molar-refractivity contribution in [1.29, 1.82) is 0 Å². The second-order valence-corrected chi connectivity index (χ2v) is 4.59. The molecule has 94 valence electrons. The van der Waals surface area contributed by atoms with Crippen LogP contribution in [0, 0.1) is 0 Å². The molecule has 0 aromatic carbocycles. The van der Waals surface area contributed by atoms with Crippen molar-refractivity contribution in [3.63, 3.8) is 0 Å². The molecule has 1 aromatic heterocycles. The van der Waals surface area contributed by atoms with Crippen LogP contribution in [-0.2, 0) is 11.8 Å². The molecule has 2 N–H and O–H groups in total. The maximum absolute atomic E-state index is 11.3. The van der Waals surface area contributed by atoms with E-state index in [2.05, 4.69) is 5.32 Å². The molecule has 5 nitrogen and oxygen atoms in total. The van der Waals surface area contributed by atoms with Crippen LogP contribution in [-0.4, -0.2) is 41.3 Å². The number of carboxylic acids is 1. The minimum Gasteiger partial charge on any atom is -0.480 e. The van der Waals surface area contributed by atoms with Crippen LogP contribution in [0.5, 0.6) is 0 Å². The van der Waals surface area contributed by atoms with Gasteiger partial charge in [-0.2, -0.15) is 0 Å². The number of carbonyl (C=O) groups is 1. The number of hydrogen-bond acceptors (Lipinski definition) is 3. The Morgan fingerprint density at radius 1 is 1.59 bits per heavy atom. The summed E-state index contributed by atoms with van der Waals surface area (Å²) in [7, 11) is 3.85. The Hall–Kier alpha value is -1.49. The fourth-order valence-corrected chi connectivity index (χ4v) is 2.59. The molecule has 5 heteroatoms. The summed E-state index contributed by atoms with van der Waals surface area (Å²) in [4.78, 5) is 13.3. The first kappa shape index (κ1) is 12.0. The molecule has 1 fully saturated rings. The molecular weight excluding hydrogens is 218 g/mol. The number of likely N-dealkylation sites (N-methyl/N-ethyl adjacent to an activating group) is 1. The summed E-state index contributed by atoms with van der Waals surface area (Å²) < 4.78 is 1.95. The summed E-state index contributed by atoms with van der Waals surface area (Å²) in [5.74, 6) is -0.729. The van der Waals surface area contributed by atoms with E-state index in [0.717, 1.165) is 25.1 Å². The summed E-state index contributed by atoms with van der Waals surface area (Å²) >= 11 is 0. The highest BCUT2D eigenvalue weighted by Gasteiger charge is 2.37. The van der Waals surface area contributed by atoms with Crippen molar-refractivity contribution >= 4 is 11.7 Å². The molecule has 1 aliphatic rings. The van der Waals surface area contributed by atoms with E-state index in [1.54, 1.807) is 0 Å². The molecular formula is C12H19N3O2. The van der Waals surface area contributed by atoms with Crippen LogP contribution in [0.25, 0.3) is 0 Å². The number of anilines is 1. The summed E-state index contributed by atoms with van der Waals surface area (Å²) in [5.41, 5.74) is 0.998. The Bertz CT molecular complexity index is 402. The fraction of sp³-hybridized carbons (Fsp3) is 0.583. The fourth-order valence-electron chi connectivity index (χ4n) is 2.59. The van der Waals surface area contributed by atoms with Crippen LogP contribution in [0.4, 0.5) is 5.69 Å². The van der Waals surface area contributed by atoms with Gasteiger partial charge >= 0.3 is 5.97 Å². The lowest BCUT2D eigenvalue weighted by atomic mass is 10.2. The minimum absolute atomic E-state index is 0.267. The minimum atomic E-state index is -0.729. The Labute approximate surface area is 101 Å². The van der Waals surface area contributed by atoms with Gasteiger partial charge in [-0.05, 0) is 26.0 Å². The third-order valence-electron chi connectivity index (χ3n) is 3.34. The molecule has 0 spiro atoms. The zero-order valence-electron chi connectivity index (χ0n) is 10.3. The third kappa shape index (κ3) is 2.29. The number of aliphatic carboxylic acids is 1. The van der Waals surface area contributed by atoms with Gasteiger partial charge in [0, 0.05) is 32.0 Å². The van der Waals surface area contributed by atoms with Gasteiger partial charge in [0.25, 0.3) is 0 Å². The molecule has 2 rings (SSSR count). The Kier molecular flexibility index (Phi) is 3.38. The van der Waals surface area contributed by atoms with E-state index in [4.69, 9.17) is 0 Å². The maximum Gasteiger partial charge on any atom is 0.326 e. The second kappa shape index (κ2) is 4.79. The number of aryl methyl sites for hydroxylation is 1. The van der Waals surface area contributed by atoms with Crippen LogP contribution in [0.1, 0.15) is 12.8 Å². The number of nitrogens with zero attached hydrogens (tertiary/aromatic N) is 2. The van der Waals surface area contributed by atoms with Crippen molar-refractivity contribution < 1.29 is 9.90 Å². The third-order valence-corrected chi connectivity index (χ3v) is 3.34. The first-order valence-corrected chi connectivity index (χ1v) is 5.91. The second-order valence-electron chi connectivity index (χ2n) is 4.59. The molecule has 17 heavy (non-hydrogen) atoms. The topological polar surface area (TPSA) is 57.5 Å². The summed E-state index contributed by atoms with van der Waals surface area (Å²) in [5, 5.41) is 12.4. The molecule has 0 amide bonds. The number of nitrogens with one attached hydrogen (secondary N) is 1. The average Bonchev–Trinajstić information content (AvgIpc) is 2.84. The van der Waals surface area contributed by atoms with Gasteiger partial charge in [0.05, 0.1) is 5.69 Å². The van der Waals surface area contributed by atoms with Crippen molar-refractivity contribution in [2.45, 2.75) is 24.9 Å². The van der Waals surface area contributed by atoms with E-state index in [-0.39, 0.29) is 6.04 Å². The number of carboxylic acid groups (broad SMARTS) is 1. The van der Waals surface area contributed by atoms with Crippen LogP contribution in [0.2, 0.25) is 0 Å². The van der Waals surface area contributed by atoms with Crippen LogP contribution in [0.3, 0.4) is 0 Å².